The molecule has 0 spiro atoms. The number of pyridine rings is 1. The Kier molecular flexibility index (Phi) is 3.56. The van der Waals surface area contributed by atoms with E-state index in [1.807, 2.05) is 14.1 Å². The molecule has 2 heterocycles. The van der Waals surface area contributed by atoms with Crippen molar-refractivity contribution in [2.24, 2.45) is 0 Å². The molecule has 0 radical (unpaired) electrons. The molecule has 1 aromatic carbocycles. The first-order valence-electron chi connectivity index (χ1n) is 6.79. The third kappa shape index (κ3) is 2.55. The van der Waals surface area contributed by atoms with Crippen molar-refractivity contribution in [1.29, 1.82) is 0 Å². The van der Waals surface area contributed by atoms with E-state index in [0.717, 1.165) is 22.5 Å². The lowest BCUT2D eigenvalue weighted by atomic mass is 10.2. The van der Waals surface area contributed by atoms with Gasteiger partial charge in [-0.1, -0.05) is 0 Å². The minimum atomic E-state index is -3.96. The molecule has 6 nitrogen and oxygen atoms in total. The lowest BCUT2D eigenvalue weighted by Crippen LogP contribution is -2.29. The second-order valence-corrected chi connectivity index (χ2v) is 7.20. The van der Waals surface area contributed by atoms with Crippen LogP contribution in [-0.2, 0) is 16.6 Å². The van der Waals surface area contributed by atoms with Gasteiger partial charge in [-0.3, -0.25) is 4.79 Å². The highest BCUT2D eigenvalue weighted by atomic mass is 32.2. The van der Waals surface area contributed by atoms with Crippen molar-refractivity contribution >= 4 is 21.7 Å². The molecule has 1 aromatic heterocycles. The van der Waals surface area contributed by atoms with Crippen LogP contribution in [0.2, 0.25) is 0 Å². The van der Waals surface area contributed by atoms with Crippen LogP contribution in [0.25, 0.3) is 0 Å². The summed E-state index contributed by atoms with van der Waals surface area (Å²) in [6.45, 7) is -0.124. The fraction of sp³-hybridized carbons (Fsp3) is 0.200. The Morgan fingerprint density at radius 1 is 1.22 bits per heavy atom. The molecule has 0 aliphatic carbocycles. The molecule has 2 aromatic rings. The molecule has 0 fully saturated rings. The summed E-state index contributed by atoms with van der Waals surface area (Å²) in [4.78, 5) is 18.1. The maximum absolute atomic E-state index is 13.3. The van der Waals surface area contributed by atoms with Gasteiger partial charge in [-0.2, -0.15) is 0 Å². The van der Waals surface area contributed by atoms with Crippen molar-refractivity contribution in [3.05, 3.63) is 53.5 Å². The topological polar surface area (TPSA) is 70.6 Å². The second kappa shape index (κ2) is 5.31. The fourth-order valence-corrected chi connectivity index (χ4v) is 3.92. The largest absolute Gasteiger partial charge is 0.363 e. The Balaban J connectivity index is 1.99. The molecule has 0 saturated heterocycles. The van der Waals surface area contributed by atoms with Crippen LogP contribution in [0.15, 0.2) is 41.4 Å². The molecule has 120 valence electrons. The molecule has 8 heteroatoms. The van der Waals surface area contributed by atoms with Crippen LogP contribution in [0.3, 0.4) is 0 Å². The quantitative estimate of drug-likeness (QED) is 0.853. The maximum Gasteiger partial charge on any atom is 0.269 e. The number of anilines is 1. The highest BCUT2D eigenvalue weighted by Crippen LogP contribution is 2.32. The van der Waals surface area contributed by atoms with E-state index < -0.39 is 21.7 Å². The Labute approximate surface area is 133 Å². The van der Waals surface area contributed by atoms with E-state index in [0.29, 0.717) is 11.4 Å². The number of carbonyl (C=O) groups is 1. The van der Waals surface area contributed by atoms with Crippen LogP contribution in [0.4, 0.5) is 10.2 Å². The number of rotatable bonds is 3. The number of aromatic nitrogens is 1. The number of halogens is 1. The molecule has 1 aliphatic rings. The smallest absolute Gasteiger partial charge is 0.269 e. The zero-order valence-corrected chi connectivity index (χ0v) is 13.3. The normalized spacial score (nSPS) is 15.6. The lowest BCUT2D eigenvalue weighted by molar-refractivity contribution is 0.0864. The van der Waals surface area contributed by atoms with E-state index in [2.05, 4.69) is 4.98 Å². The number of hydrogen-bond donors (Lipinski definition) is 0. The van der Waals surface area contributed by atoms with Crippen LogP contribution in [-0.4, -0.2) is 37.7 Å². The summed E-state index contributed by atoms with van der Waals surface area (Å²) in [7, 11) is -0.344. The zero-order chi connectivity index (χ0) is 16.8. The van der Waals surface area contributed by atoms with Crippen LogP contribution in [0, 0.1) is 5.82 Å². The van der Waals surface area contributed by atoms with Crippen LogP contribution in [0.1, 0.15) is 15.9 Å². The molecule has 3 rings (SSSR count). The van der Waals surface area contributed by atoms with Crippen molar-refractivity contribution < 1.29 is 17.6 Å². The summed E-state index contributed by atoms with van der Waals surface area (Å²) in [6, 6.07) is 6.44. The van der Waals surface area contributed by atoms with Gasteiger partial charge < -0.3 is 4.90 Å². The minimum absolute atomic E-state index is 0.124. The highest BCUT2D eigenvalue weighted by molar-refractivity contribution is 7.90. The predicted molar refractivity (Wildman–Crippen MR) is 82.0 cm³/mol. The number of sulfonamides is 1. The van der Waals surface area contributed by atoms with Crippen LogP contribution in [0.5, 0.6) is 0 Å². The molecule has 1 amide bonds. The first kappa shape index (κ1) is 15.4. The van der Waals surface area contributed by atoms with Gasteiger partial charge in [0, 0.05) is 20.3 Å². The van der Waals surface area contributed by atoms with E-state index in [9.17, 15) is 17.6 Å². The van der Waals surface area contributed by atoms with Gasteiger partial charge in [0.1, 0.15) is 16.5 Å². The van der Waals surface area contributed by atoms with E-state index in [1.54, 1.807) is 23.2 Å². The van der Waals surface area contributed by atoms with Gasteiger partial charge in [0.15, 0.2) is 0 Å². The van der Waals surface area contributed by atoms with Gasteiger partial charge in [-0.05, 0) is 35.9 Å². The van der Waals surface area contributed by atoms with Crippen molar-refractivity contribution in [3.8, 4) is 0 Å². The van der Waals surface area contributed by atoms with Crippen LogP contribution < -0.4 is 4.90 Å². The second-order valence-electron chi connectivity index (χ2n) is 5.37. The van der Waals surface area contributed by atoms with Gasteiger partial charge in [-0.25, -0.2) is 22.1 Å². The molecule has 0 bridgehead atoms. The average Bonchev–Trinajstić information content (AvgIpc) is 2.68. The standard InChI is InChI=1S/C15H14FN3O3S/c1-18(2)14-7-10(5-6-17-14)9-19-15(20)12-8-11(16)3-4-13(12)23(19,21)22/h3-8H,9H2,1-2H3. The summed E-state index contributed by atoms with van der Waals surface area (Å²) < 4.78 is 39.0. The van der Waals surface area contributed by atoms with E-state index in [1.165, 1.54) is 0 Å². The number of carbonyl (C=O) groups excluding carboxylic acids is 1. The Hall–Kier alpha value is -2.48. The van der Waals surface area contributed by atoms with Crippen molar-refractivity contribution in [2.75, 3.05) is 19.0 Å². The van der Waals surface area contributed by atoms with Crippen molar-refractivity contribution in [2.45, 2.75) is 11.4 Å². The Morgan fingerprint density at radius 3 is 2.65 bits per heavy atom. The molecular weight excluding hydrogens is 321 g/mol. The number of fused-ring (bicyclic) bond motifs is 1. The Morgan fingerprint density at radius 2 is 1.96 bits per heavy atom. The molecular formula is C15H14FN3O3S. The Bertz CT molecular complexity index is 897. The first-order chi connectivity index (χ1) is 10.8. The summed E-state index contributed by atoms with van der Waals surface area (Å²) in [5, 5.41) is 0. The molecule has 0 atom stereocenters. The van der Waals surface area contributed by atoms with Gasteiger partial charge in [0.25, 0.3) is 15.9 Å². The SMILES string of the molecule is CN(C)c1cc(CN2C(=O)c3cc(F)ccc3S2(=O)=O)ccn1. The van der Waals surface area contributed by atoms with Gasteiger partial charge in [-0.15, -0.1) is 0 Å². The van der Waals surface area contributed by atoms with Crippen LogP contribution >= 0.6 is 0 Å². The number of benzene rings is 1. The predicted octanol–water partition coefficient (Wildman–Crippen LogP) is 1.63. The summed E-state index contributed by atoms with van der Waals surface area (Å²) >= 11 is 0. The van der Waals surface area contributed by atoms with E-state index in [-0.39, 0.29) is 17.0 Å². The van der Waals surface area contributed by atoms with Gasteiger partial charge in [0.2, 0.25) is 0 Å². The van der Waals surface area contributed by atoms with Gasteiger partial charge in [0.05, 0.1) is 12.1 Å². The molecule has 0 unspecified atom stereocenters. The molecule has 1 aliphatic heterocycles. The third-order valence-corrected chi connectivity index (χ3v) is 5.35. The average molecular weight is 335 g/mol. The van der Waals surface area contributed by atoms with Gasteiger partial charge >= 0.3 is 0 Å². The summed E-state index contributed by atoms with van der Waals surface area (Å²) in [6.07, 6.45) is 1.55. The third-order valence-electron chi connectivity index (χ3n) is 3.56. The van der Waals surface area contributed by atoms with E-state index >= 15 is 0 Å². The molecule has 23 heavy (non-hydrogen) atoms. The molecule has 0 N–H and O–H groups in total. The molecule has 0 saturated carbocycles. The number of hydrogen-bond acceptors (Lipinski definition) is 5. The summed E-state index contributed by atoms with van der Waals surface area (Å²) in [5.41, 5.74) is 0.487. The number of nitrogens with zero attached hydrogens (tertiary/aromatic N) is 3. The maximum atomic E-state index is 13.3. The number of amides is 1. The van der Waals surface area contributed by atoms with Crippen molar-refractivity contribution in [1.82, 2.24) is 9.29 Å². The summed E-state index contributed by atoms with van der Waals surface area (Å²) in [5.74, 6) is -0.717. The monoisotopic (exact) mass is 335 g/mol. The lowest BCUT2D eigenvalue weighted by Gasteiger charge is -2.17. The fourth-order valence-electron chi connectivity index (χ4n) is 2.38. The minimum Gasteiger partial charge on any atom is -0.363 e. The zero-order valence-electron chi connectivity index (χ0n) is 12.5. The first-order valence-corrected chi connectivity index (χ1v) is 8.23. The van der Waals surface area contributed by atoms with Crippen molar-refractivity contribution in [3.63, 3.8) is 0 Å². The van der Waals surface area contributed by atoms with E-state index in [4.69, 9.17) is 0 Å². The highest BCUT2D eigenvalue weighted by Gasteiger charge is 2.41.